The molecule has 0 aromatic heterocycles. The van der Waals surface area contributed by atoms with Crippen LogP contribution < -0.4 is 10.6 Å². The highest BCUT2D eigenvalue weighted by atomic mass is 16.2. The smallest absolute Gasteiger partial charge is 0.324 e. The zero-order valence-corrected chi connectivity index (χ0v) is 18.2. The molecule has 0 bridgehead atoms. The second kappa shape index (κ2) is 10.3. The SMILES string of the molecule is O=C(CC[C@@H]1NC(=O)N(CCc2ccccc2)C1=O)NC[C@@H]1CCCN2CCCCC12. The predicted octanol–water partition coefficient (Wildman–Crippen LogP) is 2.31. The predicted molar refractivity (Wildman–Crippen MR) is 118 cm³/mol. The minimum atomic E-state index is -0.600. The Hall–Kier alpha value is -2.41. The average Bonchev–Trinajstić information content (AvgIpc) is 3.07. The number of piperidine rings is 2. The molecule has 7 heteroatoms. The van der Waals surface area contributed by atoms with Crippen LogP contribution in [0.5, 0.6) is 0 Å². The Morgan fingerprint density at radius 2 is 1.87 bits per heavy atom. The van der Waals surface area contributed by atoms with Crippen LogP contribution >= 0.6 is 0 Å². The molecule has 1 aromatic rings. The first kappa shape index (κ1) is 21.8. The highest BCUT2D eigenvalue weighted by Crippen LogP contribution is 2.30. The molecule has 4 rings (SSSR count). The maximum Gasteiger partial charge on any atom is 0.324 e. The maximum absolute atomic E-state index is 12.6. The number of urea groups is 1. The molecule has 3 aliphatic heterocycles. The number of amides is 4. The number of imide groups is 1. The van der Waals surface area contributed by atoms with Crippen molar-refractivity contribution in [2.75, 3.05) is 26.2 Å². The van der Waals surface area contributed by atoms with Gasteiger partial charge in [0.15, 0.2) is 0 Å². The average molecular weight is 427 g/mol. The number of fused-ring (bicyclic) bond motifs is 1. The number of hydrogen-bond donors (Lipinski definition) is 2. The van der Waals surface area contributed by atoms with E-state index in [1.54, 1.807) is 0 Å². The number of hydrogen-bond acceptors (Lipinski definition) is 4. The first-order valence-electron chi connectivity index (χ1n) is 11.8. The Morgan fingerprint density at radius 3 is 2.71 bits per heavy atom. The van der Waals surface area contributed by atoms with E-state index in [9.17, 15) is 14.4 Å². The van der Waals surface area contributed by atoms with Crippen molar-refractivity contribution in [1.82, 2.24) is 20.4 Å². The van der Waals surface area contributed by atoms with E-state index < -0.39 is 6.04 Å². The Kier molecular flexibility index (Phi) is 7.22. The van der Waals surface area contributed by atoms with E-state index in [0.29, 0.717) is 37.9 Å². The van der Waals surface area contributed by atoms with E-state index in [1.807, 2.05) is 30.3 Å². The van der Waals surface area contributed by atoms with Crippen molar-refractivity contribution in [2.24, 2.45) is 5.92 Å². The third-order valence-electron chi connectivity index (χ3n) is 7.02. The summed E-state index contributed by atoms with van der Waals surface area (Å²) in [4.78, 5) is 41.1. The molecule has 1 unspecified atom stereocenters. The highest BCUT2D eigenvalue weighted by Gasteiger charge is 2.37. The van der Waals surface area contributed by atoms with Crippen molar-refractivity contribution in [2.45, 2.75) is 63.5 Å². The zero-order valence-electron chi connectivity index (χ0n) is 18.2. The van der Waals surface area contributed by atoms with Gasteiger partial charge in [0.2, 0.25) is 5.91 Å². The molecule has 2 N–H and O–H groups in total. The largest absolute Gasteiger partial charge is 0.356 e. The van der Waals surface area contributed by atoms with Gasteiger partial charge >= 0.3 is 6.03 Å². The molecule has 4 amide bonds. The summed E-state index contributed by atoms with van der Waals surface area (Å²) in [5.41, 5.74) is 1.09. The van der Waals surface area contributed by atoms with E-state index in [1.165, 1.54) is 50.1 Å². The van der Waals surface area contributed by atoms with Crippen LogP contribution in [0.1, 0.15) is 50.5 Å². The molecule has 3 atom stereocenters. The Bertz CT molecular complexity index is 782. The topological polar surface area (TPSA) is 81.8 Å². The van der Waals surface area contributed by atoms with Crippen LogP contribution in [0.2, 0.25) is 0 Å². The first-order valence-corrected chi connectivity index (χ1v) is 11.8. The Labute approximate surface area is 184 Å². The molecule has 168 valence electrons. The van der Waals surface area contributed by atoms with Crippen LogP contribution in [0, 0.1) is 5.92 Å². The van der Waals surface area contributed by atoms with Crippen molar-refractivity contribution >= 4 is 17.8 Å². The number of benzene rings is 1. The summed E-state index contributed by atoms with van der Waals surface area (Å²) in [6, 6.07) is 9.46. The fourth-order valence-corrected chi connectivity index (χ4v) is 5.29. The van der Waals surface area contributed by atoms with Gasteiger partial charge < -0.3 is 15.5 Å². The van der Waals surface area contributed by atoms with Crippen LogP contribution in [-0.4, -0.2) is 65.9 Å². The second-order valence-corrected chi connectivity index (χ2v) is 9.07. The fraction of sp³-hybridized carbons (Fsp3) is 0.625. The molecule has 3 fully saturated rings. The molecule has 3 saturated heterocycles. The Balaban J connectivity index is 1.19. The van der Waals surface area contributed by atoms with Crippen molar-refractivity contribution in [3.05, 3.63) is 35.9 Å². The van der Waals surface area contributed by atoms with Crippen molar-refractivity contribution in [1.29, 1.82) is 0 Å². The third kappa shape index (κ3) is 5.45. The van der Waals surface area contributed by atoms with Gasteiger partial charge in [0, 0.05) is 25.6 Å². The molecule has 0 spiro atoms. The van der Waals surface area contributed by atoms with Gasteiger partial charge in [0.25, 0.3) is 5.91 Å². The number of nitrogens with one attached hydrogen (secondary N) is 2. The molecule has 3 aliphatic rings. The van der Waals surface area contributed by atoms with Gasteiger partial charge in [-0.3, -0.25) is 14.5 Å². The summed E-state index contributed by atoms with van der Waals surface area (Å²) in [7, 11) is 0. The van der Waals surface area contributed by atoms with E-state index in [2.05, 4.69) is 15.5 Å². The molecule has 31 heavy (non-hydrogen) atoms. The fourth-order valence-electron chi connectivity index (χ4n) is 5.29. The van der Waals surface area contributed by atoms with Gasteiger partial charge in [-0.25, -0.2) is 4.79 Å². The molecular weight excluding hydrogens is 392 g/mol. The molecule has 0 saturated carbocycles. The van der Waals surface area contributed by atoms with Gasteiger partial charge in [-0.15, -0.1) is 0 Å². The lowest BCUT2D eigenvalue weighted by atomic mass is 9.83. The van der Waals surface area contributed by atoms with Crippen molar-refractivity contribution in [3.63, 3.8) is 0 Å². The van der Waals surface area contributed by atoms with Crippen LogP contribution in [0.4, 0.5) is 4.79 Å². The lowest BCUT2D eigenvalue weighted by Gasteiger charge is -2.44. The molecule has 0 radical (unpaired) electrons. The van der Waals surface area contributed by atoms with Crippen molar-refractivity contribution in [3.8, 4) is 0 Å². The molecule has 1 aromatic carbocycles. The summed E-state index contributed by atoms with van der Waals surface area (Å²) in [6.45, 7) is 3.46. The lowest BCUT2D eigenvalue weighted by Crippen LogP contribution is -2.51. The highest BCUT2D eigenvalue weighted by molar-refractivity contribution is 6.04. The monoisotopic (exact) mass is 426 g/mol. The van der Waals surface area contributed by atoms with Gasteiger partial charge in [-0.05, 0) is 63.1 Å². The van der Waals surface area contributed by atoms with Crippen LogP contribution in [-0.2, 0) is 16.0 Å². The minimum Gasteiger partial charge on any atom is -0.356 e. The third-order valence-corrected chi connectivity index (χ3v) is 7.02. The zero-order chi connectivity index (χ0) is 21.6. The normalized spacial score (nSPS) is 26.5. The molecular formula is C24H34N4O3. The number of nitrogens with zero attached hydrogens (tertiary/aromatic N) is 2. The quantitative estimate of drug-likeness (QED) is 0.625. The summed E-state index contributed by atoms with van der Waals surface area (Å²) in [5, 5.41) is 5.83. The lowest BCUT2D eigenvalue weighted by molar-refractivity contribution is -0.127. The summed E-state index contributed by atoms with van der Waals surface area (Å²) in [6.07, 6.45) is 7.43. The minimum absolute atomic E-state index is 0.0299. The molecule has 7 nitrogen and oxygen atoms in total. The summed E-state index contributed by atoms with van der Waals surface area (Å²) in [5.74, 6) is 0.274. The number of carbonyl (C=O) groups is 3. The van der Waals surface area contributed by atoms with Crippen LogP contribution in [0.25, 0.3) is 0 Å². The second-order valence-electron chi connectivity index (χ2n) is 9.07. The maximum atomic E-state index is 12.6. The van der Waals surface area contributed by atoms with Crippen molar-refractivity contribution < 1.29 is 14.4 Å². The van der Waals surface area contributed by atoms with E-state index in [0.717, 1.165) is 5.56 Å². The molecule has 0 aliphatic carbocycles. The van der Waals surface area contributed by atoms with Gasteiger partial charge in [0.1, 0.15) is 6.04 Å². The van der Waals surface area contributed by atoms with E-state index >= 15 is 0 Å². The van der Waals surface area contributed by atoms with Gasteiger partial charge in [-0.2, -0.15) is 0 Å². The van der Waals surface area contributed by atoms with Gasteiger partial charge in [0.05, 0.1) is 0 Å². The number of carbonyl (C=O) groups excluding carboxylic acids is 3. The standard InChI is InChI=1S/C24H34N4O3/c29-22(25-17-19-9-6-15-27-14-5-4-10-21(19)27)12-11-20-23(30)28(24(31)26-20)16-13-18-7-2-1-3-8-18/h1-3,7-8,19-21H,4-6,9-17H2,(H,25,29)(H,26,31)/t19-,20-,21?/m0/s1. The summed E-state index contributed by atoms with van der Waals surface area (Å²) < 4.78 is 0. The van der Waals surface area contributed by atoms with Crippen LogP contribution in [0.15, 0.2) is 30.3 Å². The van der Waals surface area contributed by atoms with E-state index in [-0.39, 0.29) is 24.3 Å². The van der Waals surface area contributed by atoms with E-state index in [4.69, 9.17) is 0 Å². The molecule has 3 heterocycles. The summed E-state index contributed by atoms with van der Waals surface area (Å²) >= 11 is 0. The first-order chi connectivity index (χ1) is 15.1. The van der Waals surface area contributed by atoms with Crippen LogP contribution in [0.3, 0.4) is 0 Å². The number of rotatable bonds is 8. The van der Waals surface area contributed by atoms with Gasteiger partial charge in [-0.1, -0.05) is 36.8 Å². The Morgan fingerprint density at radius 1 is 1.06 bits per heavy atom.